The van der Waals surface area contributed by atoms with Gasteiger partial charge in [0.15, 0.2) is 0 Å². The predicted octanol–water partition coefficient (Wildman–Crippen LogP) is 3.66. The first kappa shape index (κ1) is 21.2. The van der Waals surface area contributed by atoms with Crippen LogP contribution in [0.3, 0.4) is 0 Å². The van der Waals surface area contributed by atoms with Crippen molar-refractivity contribution < 1.29 is 14.3 Å². The summed E-state index contributed by atoms with van der Waals surface area (Å²) in [6.07, 6.45) is 1.79. The number of hydrogen-bond acceptors (Lipinski definition) is 3. The van der Waals surface area contributed by atoms with Crippen LogP contribution in [0.1, 0.15) is 18.4 Å². The summed E-state index contributed by atoms with van der Waals surface area (Å²) < 4.78 is 5.68. The number of carbonyl (C=O) groups is 2. The number of amides is 2. The standard InChI is InChI=1S/C23H27ClN2O3/c1-25(15-16-29-21-5-3-2-4-6-21)23(28)19-9-12-22(27)26(17-19)14-13-18-7-10-20(24)11-8-18/h2-8,10-11,19H,9,12-17H2,1H3/t19-/m0/s1. The Labute approximate surface area is 177 Å². The minimum absolute atomic E-state index is 0.0747. The minimum atomic E-state index is -0.153. The average Bonchev–Trinajstić information content (AvgIpc) is 2.74. The number of likely N-dealkylation sites (N-methyl/N-ethyl adjacent to an activating group) is 1. The van der Waals surface area contributed by atoms with Crippen molar-refractivity contribution >= 4 is 23.4 Å². The SMILES string of the molecule is CN(CCOc1ccccc1)C(=O)[C@H]1CCC(=O)N(CCc2ccc(Cl)cc2)C1. The Morgan fingerprint density at radius 2 is 1.90 bits per heavy atom. The van der Waals surface area contributed by atoms with Crippen LogP contribution in [0.5, 0.6) is 5.75 Å². The van der Waals surface area contributed by atoms with Gasteiger partial charge < -0.3 is 14.5 Å². The normalized spacial score (nSPS) is 16.6. The van der Waals surface area contributed by atoms with Gasteiger partial charge in [-0.1, -0.05) is 41.9 Å². The predicted molar refractivity (Wildman–Crippen MR) is 114 cm³/mol. The molecule has 0 radical (unpaired) electrons. The maximum atomic E-state index is 12.8. The third-order valence-corrected chi connectivity index (χ3v) is 5.50. The molecule has 0 aliphatic carbocycles. The topological polar surface area (TPSA) is 49.9 Å². The number of para-hydroxylation sites is 1. The lowest BCUT2D eigenvalue weighted by Gasteiger charge is -2.34. The second-order valence-corrected chi connectivity index (χ2v) is 7.81. The highest BCUT2D eigenvalue weighted by Crippen LogP contribution is 2.20. The molecule has 1 saturated heterocycles. The molecule has 3 rings (SSSR count). The maximum Gasteiger partial charge on any atom is 0.227 e. The Hall–Kier alpha value is -2.53. The monoisotopic (exact) mass is 414 g/mol. The second kappa shape index (κ2) is 10.3. The van der Waals surface area contributed by atoms with Gasteiger partial charge in [0.25, 0.3) is 0 Å². The van der Waals surface area contributed by atoms with Crippen LogP contribution in [0, 0.1) is 5.92 Å². The number of likely N-dealkylation sites (tertiary alicyclic amines) is 1. The summed E-state index contributed by atoms with van der Waals surface area (Å²) in [5.74, 6) is 0.841. The number of halogens is 1. The fraction of sp³-hybridized carbons (Fsp3) is 0.391. The molecule has 0 N–H and O–H groups in total. The zero-order valence-electron chi connectivity index (χ0n) is 16.7. The molecule has 2 aromatic carbocycles. The molecule has 1 heterocycles. The third-order valence-electron chi connectivity index (χ3n) is 5.25. The van der Waals surface area contributed by atoms with Crippen molar-refractivity contribution in [1.29, 1.82) is 0 Å². The zero-order chi connectivity index (χ0) is 20.6. The molecule has 5 nitrogen and oxygen atoms in total. The highest BCUT2D eigenvalue weighted by molar-refractivity contribution is 6.30. The van der Waals surface area contributed by atoms with Gasteiger partial charge >= 0.3 is 0 Å². The molecule has 0 unspecified atom stereocenters. The van der Waals surface area contributed by atoms with E-state index < -0.39 is 0 Å². The van der Waals surface area contributed by atoms with Crippen molar-refractivity contribution in [3.05, 3.63) is 65.2 Å². The van der Waals surface area contributed by atoms with Crippen molar-refractivity contribution in [2.24, 2.45) is 5.92 Å². The number of rotatable bonds is 8. The number of ether oxygens (including phenoxy) is 1. The van der Waals surface area contributed by atoms with Crippen molar-refractivity contribution in [3.8, 4) is 5.75 Å². The van der Waals surface area contributed by atoms with E-state index in [9.17, 15) is 9.59 Å². The summed E-state index contributed by atoms with van der Waals surface area (Å²) in [6, 6.07) is 17.2. The molecule has 29 heavy (non-hydrogen) atoms. The Kier molecular flexibility index (Phi) is 7.53. The summed E-state index contributed by atoms with van der Waals surface area (Å²) in [5.41, 5.74) is 1.13. The van der Waals surface area contributed by atoms with E-state index >= 15 is 0 Å². The maximum absolute atomic E-state index is 12.8. The Balaban J connectivity index is 1.47. The lowest BCUT2D eigenvalue weighted by molar-refractivity contribution is -0.142. The van der Waals surface area contributed by atoms with Gasteiger partial charge in [0.05, 0.1) is 12.5 Å². The highest BCUT2D eigenvalue weighted by atomic mass is 35.5. The molecular formula is C23H27ClN2O3. The largest absolute Gasteiger partial charge is 0.492 e. The van der Waals surface area contributed by atoms with Crippen LogP contribution < -0.4 is 4.74 Å². The molecule has 0 saturated carbocycles. The summed E-state index contributed by atoms with van der Waals surface area (Å²) in [7, 11) is 1.80. The van der Waals surface area contributed by atoms with Gasteiger partial charge in [0.2, 0.25) is 11.8 Å². The van der Waals surface area contributed by atoms with Crippen LogP contribution in [-0.4, -0.2) is 54.9 Å². The van der Waals surface area contributed by atoms with E-state index in [0.717, 1.165) is 17.7 Å². The fourth-order valence-corrected chi connectivity index (χ4v) is 3.61. The summed E-state index contributed by atoms with van der Waals surface area (Å²) in [4.78, 5) is 28.6. The van der Waals surface area contributed by atoms with Crippen LogP contribution in [0.25, 0.3) is 0 Å². The van der Waals surface area contributed by atoms with Gasteiger partial charge in [-0.3, -0.25) is 9.59 Å². The lowest BCUT2D eigenvalue weighted by atomic mass is 9.95. The first-order valence-electron chi connectivity index (χ1n) is 9.98. The summed E-state index contributed by atoms with van der Waals surface area (Å²) >= 11 is 5.92. The van der Waals surface area contributed by atoms with E-state index in [-0.39, 0.29) is 17.7 Å². The molecule has 0 spiro atoms. The number of hydrogen-bond donors (Lipinski definition) is 0. The summed E-state index contributed by atoms with van der Waals surface area (Å²) in [6.45, 7) is 2.06. The molecule has 1 aliphatic heterocycles. The van der Waals surface area contributed by atoms with Crippen molar-refractivity contribution in [2.45, 2.75) is 19.3 Å². The van der Waals surface area contributed by atoms with Crippen LogP contribution in [0.2, 0.25) is 5.02 Å². The van der Waals surface area contributed by atoms with Gasteiger partial charge in [-0.25, -0.2) is 0 Å². The van der Waals surface area contributed by atoms with E-state index in [1.54, 1.807) is 11.9 Å². The first-order chi connectivity index (χ1) is 14.0. The number of benzene rings is 2. The third kappa shape index (κ3) is 6.23. The molecule has 1 fully saturated rings. The smallest absolute Gasteiger partial charge is 0.227 e. The lowest BCUT2D eigenvalue weighted by Crippen LogP contribution is -2.47. The van der Waals surface area contributed by atoms with Crippen LogP contribution in [0.4, 0.5) is 0 Å². The van der Waals surface area contributed by atoms with E-state index in [1.165, 1.54) is 0 Å². The van der Waals surface area contributed by atoms with Crippen molar-refractivity contribution in [3.63, 3.8) is 0 Å². The van der Waals surface area contributed by atoms with Crippen LogP contribution in [-0.2, 0) is 16.0 Å². The Morgan fingerprint density at radius 3 is 2.62 bits per heavy atom. The first-order valence-corrected chi connectivity index (χ1v) is 10.4. The minimum Gasteiger partial charge on any atom is -0.492 e. The van der Waals surface area contributed by atoms with Crippen molar-refractivity contribution in [1.82, 2.24) is 9.80 Å². The highest BCUT2D eigenvalue weighted by Gasteiger charge is 2.31. The number of piperidine rings is 1. The van der Waals surface area contributed by atoms with Gasteiger partial charge in [0.1, 0.15) is 12.4 Å². The average molecular weight is 415 g/mol. The zero-order valence-corrected chi connectivity index (χ0v) is 17.5. The molecule has 2 amide bonds. The van der Waals surface area contributed by atoms with Crippen LogP contribution in [0.15, 0.2) is 54.6 Å². The molecule has 0 aromatic heterocycles. The molecular weight excluding hydrogens is 388 g/mol. The molecule has 6 heteroatoms. The Morgan fingerprint density at radius 1 is 1.17 bits per heavy atom. The van der Waals surface area contributed by atoms with Gasteiger partial charge in [-0.15, -0.1) is 0 Å². The molecule has 154 valence electrons. The quantitative estimate of drug-likeness (QED) is 0.662. The Bertz CT molecular complexity index is 811. The van der Waals surface area contributed by atoms with E-state index in [0.29, 0.717) is 44.1 Å². The van der Waals surface area contributed by atoms with E-state index in [4.69, 9.17) is 16.3 Å². The molecule has 1 atom stereocenters. The van der Waals surface area contributed by atoms with Crippen molar-refractivity contribution in [2.75, 3.05) is 33.3 Å². The fourth-order valence-electron chi connectivity index (χ4n) is 3.49. The van der Waals surface area contributed by atoms with Gasteiger partial charge in [-0.05, 0) is 42.7 Å². The van der Waals surface area contributed by atoms with E-state index in [2.05, 4.69) is 0 Å². The van der Waals surface area contributed by atoms with Crippen LogP contribution >= 0.6 is 11.6 Å². The van der Waals surface area contributed by atoms with Gasteiger partial charge in [0, 0.05) is 31.6 Å². The molecule has 1 aliphatic rings. The molecule has 0 bridgehead atoms. The van der Waals surface area contributed by atoms with E-state index in [1.807, 2.05) is 59.5 Å². The van der Waals surface area contributed by atoms with Gasteiger partial charge in [-0.2, -0.15) is 0 Å². The number of nitrogens with zero attached hydrogens (tertiary/aromatic N) is 2. The summed E-state index contributed by atoms with van der Waals surface area (Å²) in [5, 5.41) is 0.702. The molecule has 2 aromatic rings. The number of carbonyl (C=O) groups excluding carboxylic acids is 2. The second-order valence-electron chi connectivity index (χ2n) is 7.37.